The third kappa shape index (κ3) is 4.54. The second kappa shape index (κ2) is 8.07. The normalized spacial score (nSPS) is 13.4. The van der Waals surface area contributed by atoms with E-state index in [1.807, 2.05) is 30.3 Å². The minimum Gasteiger partial charge on any atom is -0.497 e. The monoisotopic (exact) mass is 356 g/mol. The first-order valence-corrected chi connectivity index (χ1v) is 9.12. The van der Waals surface area contributed by atoms with Crippen LogP contribution >= 0.6 is 11.8 Å². The fourth-order valence-electron chi connectivity index (χ4n) is 2.58. The van der Waals surface area contributed by atoms with E-state index in [1.165, 1.54) is 0 Å². The molecule has 0 radical (unpaired) electrons. The highest BCUT2D eigenvalue weighted by Gasteiger charge is 2.15. The molecule has 1 aliphatic heterocycles. The fraction of sp³-hybridized carbons (Fsp3) is 0.263. The molecule has 2 aromatic rings. The van der Waals surface area contributed by atoms with Gasteiger partial charge in [-0.25, -0.2) is 0 Å². The SMILES string of the molecule is COc1ccc(CCNC(=O)c2ccc3c(c2)NC(=O)CCS3)cc1. The van der Waals surface area contributed by atoms with Gasteiger partial charge in [0.05, 0.1) is 12.8 Å². The molecular formula is C19H20N2O3S. The summed E-state index contributed by atoms with van der Waals surface area (Å²) in [5.41, 5.74) is 2.40. The van der Waals surface area contributed by atoms with Crippen LogP contribution in [-0.4, -0.2) is 31.2 Å². The first-order valence-electron chi connectivity index (χ1n) is 8.13. The maximum Gasteiger partial charge on any atom is 0.251 e. The van der Waals surface area contributed by atoms with Gasteiger partial charge in [-0.15, -0.1) is 11.8 Å². The molecule has 2 aromatic carbocycles. The van der Waals surface area contributed by atoms with Gasteiger partial charge in [0.2, 0.25) is 5.91 Å². The van der Waals surface area contributed by atoms with E-state index in [-0.39, 0.29) is 11.8 Å². The molecule has 6 heteroatoms. The molecule has 0 fully saturated rings. The largest absolute Gasteiger partial charge is 0.497 e. The summed E-state index contributed by atoms with van der Waals surface area (Å²) in [6.07, 6.45) is 1.23. The molecule has 0 unspecified atom stereocenters. The highest BCUT2D eigenvalue weighted by Crippen LogP contribution is 2.31. The molecule has 5 nitrogen and oxygen atoms in total. The van der Waals surface area contributed by atoms with Crippen LogP contribution in [0, 0.1) is 0 Å². The summed E-state index contributed by atoms with van der Waals surface area (Å²) < 4.78 is 5.13. The number of ether oxygens (including phenoxy) is 1. The molecule has 0 saturated carbocycles. The highest BCUT2D eigenvalue weighted by molar-refractivity contribution is 7.99. The number of carbonyl (C=O) groups excluding carboxylic acids is 2. The number of fused-ring (bicyclic) bond motifs is 1. The van der Waals surface area contributed by atoms with Crippen molar-refractivity contribution in [2.45, 2.75) is 17.7 Å². The van der Waals surface area contributed by atoms with Crippen LogP contribution in [0.5, 0.6) is 5.75 Å². The van der Waals surface area contributed by atoms with Gasteiger partial charge in [0.15, 0.2) is 0 Å². The third-order valence-corrected chi connectivity index (χ3v) is 5.04. The molecule has 130 valence electrons. The Morgan fingerprint density at radius 3 is 2.80 bits per heavy atom. The zero-order valence-corrected chi connectivity index (χ0v) is 14.8. The molecule has 0 atom stereocenters. The van der Waals surface area contributed by atoms with Crippen molar-refractivity contribution in [3.63, 3.8) is 0 Å². The number of methoxy groups -OCH3 is 1. The van der Waals surface area contributed by atoms with E-state index in [4.69, 9.17) is 4.74 Å². The Balaban J connectivity index is 1.58. The fourth-order valence-corrected chi connectivity index (χ4v) is 3.51. The second-order valence-corrected chi connectivity index (χ2v) is 6.85. The van der Waals surface area contributed by atoms with Gasteiger partial charge in [0.25, 0.3) is 5.91 Å². The number of anilines is 1. The van der Waals surface area contributed by atoms with Crippen molar-refractivity contribution in [3.05, 3.63) is 53.6 Å². The molecular weight excluding hydrogens is 336 g/mol. The lowest BCUT2D eigenvalue weighted by Crippen LogP contribution is -2.25. The first kappa shape index (κ1) is 17.4. The van der Waals surface area contributed by atoms with Crippen molar-refractivity contribution >= 4 is 29.3 Å². The number of hydrogen-bond donors (Lipinski definition) is 2. The molecule has 2 N–H and O–H groups in total. The Morgan fingerprint density at radius 1 is 1.24 bits per heavy atom. The number of rotatable bonds is 5. The van der Waals surface area contributed by atoms with Crippen molar-refractivity contribution < 1.29 is 14.3 Å². The van der Waals surface area contributed by atoms with E-state index >= 15 is 0 Å². The molecule has 0 aromatic heterocycles. The number of nitrogens with one attached hydrogen (secondary N) is 2. The lowest BCUT2D eigenvalue weighted by Gasteiger charge is -2.10. The highest BCUT2D eigenvalue weighted by atomic mass is 32.2. The Hall–Kier alpha value is -2.47. The number of carbonyl (C=O) groups is 2. The van der Waals surface area contributed by atoms with Crippen LogP contribution in [0.1, 0.15) is 22.3 Å². The summed E-state index contributed by atoms with van der Waals surface area (Å²) >= 11 is 1.63. The van der Waals surface area contributed by atoms with Gasteiger partial charge < -0.3 is 15.4 Å². The smallest absolute Gasteiger partial charge is 0.251 e. The van der Waals surface area contributed by atoms with E-state index in [9.17, 15) is 9.59 Å². The lowest BCUT2D eigenvalue weighted by molar-refractivity contribution is -0.115. The zero-order chi connectivity index (χ0) is 17.6. The predicted molar refractivity (Wildman–Crippen MR) is 99.4 cm³/mol. The van der Waals surface area contributed by atoms with Gasteiger partial charge in [-0.2, -0.15) is 0 Å². The van der Waals surface area contributed by atoms with E-state index in [2.05, 4.69) is 10.6 Å². The van der Waals surface area contributed by atoms with Crippen LogP contribution in [0.15, 0.2) is 47.4 Å². The van der Waals surface area contributed by atoms with Gasteiger partial charge in [0, 0.05) is 29.2 Å². The first-order chi connectivity index (χ1) is 12.2. The summed E-state index contributed by atoms with van der Waals surface area (Å²) in [6, 6.07) is 13.2. The van der Waals surface area contributed by atoms with Crippen LogP contribution in [0.3, 0.4) is 0 Å². The molecule has 1 aliphatic rings. The number of amides is 2. The van der Waals surface area contributed by atoms with Gasteiger partial charge >= 0.3 is 0 Å². The lowest BCUT2D eigenvalue weighted by atomic mass is 10.1. The summed E-state index contributed by atoms with van der Waals surface area (Å²) in [6.45, 7) is 0.545. The van der Waals surface area contributed by atoms with Crippen molar-refractivity contribution in [1.82, 2.24) is 5.32 Å². The topological polar surface area (TPSA) is 67.4 Å². The number of benzene rings is 2. The zero-order valence-electron chi connectivity index (χ0n) is 14.0. The Morgan fingerprint density at radius 2 is 2.04 bits per heavy atom. The van der Waals surface area contributed by atoms with E-state index in [0.717, 1.165) is 34.1 Å². The van der Waals surface area contributed by atoms with Crippen molar-refractivity contribution in [2.75, 3.05) is 24.7 Å². The Kier molecular flexibility index (Phi) is 5.60. The van der Waals surface area contributed by atoms with Crippen molar-refractivity contribution in [3.8, 4) is 5.75 Å². The summed E-state index contributed by atoms with van der Waals surface area (Å²) in [7, 11) is 1.64. The summed E-state index contributed by atoms with van der Waals surface area (Å²) in [4.78, 5) is 25.0. The average Bonchev–Trinajstić information content (AvgIpc) is 2.82. The molecule has 0 saturated heterocycles. The van der Waals surface area contributed by atoms with Crippen LogP contribution in [-0.2, 0) is 11.2 Å². The van der Waals surface area contributed by atoms with Gasteiger partial charge in [-0.05, 0) is 42.3 Å². The standard InChI is InChI=1S/C19H20N2O3S/c1-24-15-5-2-13(3-6-15)8-10-20-19(23)14-4-7-17-16(12-14)21-18(22)9-11-25-17/h2-7,12H,8-11H2,1H3,(H,20,23)(H,21,22). The molecule has 3 rings (SSSR count). The van der Waals surface area contributed by atoms with Gasteiger partial charge in [-0.1, -0.05) is 12.1 Å². The Labute approximate surface area is 151 Å². The minimum absolute atomic E-state index is 0.0108. The quantitative estimate of drug-likeness (QED) is 0.864. The molecule has 25 heavy (non-hydrogen) atoms. The molecule has 0 spiro atoms. The van der Waals surface area contributed by atoms with Crippen molar-refractivity contribution in [2.24, 2.45) is 0 Å². The molecule has 2 amide bonds. The maximum atomic E-state index is 12.3. The van der Waals surface area contributed by atoms with E-state index < -0.39 is 0 Å². The van der Waals surface area contributed by atoms with Gasteiger partial charge in [-0.3, -0.25) is 9.59 Å². The van der Waals surface area contributed by atoms with Crippen LogP contribution in [0.4, 0.5) is 5.69 Å². The minimum atomic E-state index is -0.139. The van der Waals surface area contributed by atoms with Crippen LogP contribution in [0.2, 0.25) is 0 Å². The van der Waals surface area contributed by atoms with Gasteiger partial charge in [0.1, 0.15) is 5.75 Å². The number of hydrogen-bond acceptors (Lipinski definition) is 4. The third-order valence-electron chi connectivity index (χ3n) is 3.96. The molecule has 1 heterocycles. The van der Waals surface area contributed by atoms with Crippen LogP contribution < -0.4 is 15.4 Å². The predicted octanol–water partition coefficient (Wildman–Crippen LogP) is 3.10. The Bertz CT molecular complexity index is 775. The molecule has 0 aliphatic carbocycles. The van der Waals surface area contributed by atoms with E-state index in [1.54, 1.807) is 31.0 Å². The van der Waals surface area contributed by atoms with E-state index in [0.29, 0.717) is 18.5 Å². The van der Waals surface area contributed by atoms with Crippen LogP contribution in [0.25, 0.3) is 0 Å². The average molecular weight is 356 g/mol. The maximum absolute atomic E-state index is 12.3. The number of thioether (sulfide) groups is 1. The summed E-state index contributed by atoms with van der Waals surface area (Å²) in [5.74, 6) is 1.42. The molecule has 0 bridgehead atoms. The summed E-state index contributed by atoms with van der Waals surface area (Å²) in [5, 5.41) is 5.78. The second-order valence-electron chi connectivity index (χ2n) is 5.71. The van der Waals surface area contributed by atoms with Crippen molar-refractivity contribution in [1.29, 1.82) is 0 Å².